The Morgan fingerprint density at radius 3 is 1.62 bits per heavy atom. The summed E-state index contributed by atoms with van der Waals surface area (Å²) in [5.41, 5.74) is 8.82. The van der Waals surface area contributed by atoms with Gasteiger partial charge in [-0.15, -0.1) is 0 Å². The Kier molecular flexibility index (Phi) is 14.4. The van der Waals surface area contributed by atoms with E-state index in [2.05, 4.69) is 93.5 Å². The third-order valence-electron chi connectivity index (χ3n) is 9.24. The summed E-state index contributed by atoms with van der Waals surface area (Å²) in [4.78, 5) is 12.5. The van der Waals surface area contributed by atoms with Crippen molar-refractivity contribution in [2.24, 2.45) is 28.4 Å². The van der Waals surface area contributed by atoms with Crippen molar-refractivity contribution in [1.29, 1.82) is 0 Å². The molecule has 0 aliphatic heterocycles. The fourth-order valence-electron chi connectivity index (χ4n) is 6.73. The molecule has 0 aliphatic carbocycles. The van der Waals surface area contributed by atoms with Gasteiger partial charge >= 0.3 is 0 Å². The smallest absolute Gasteiger partial charge is 0.221 e. The molecule has 0 spiro atoms. The number of benzene rings is 1. The molecule has 0 heterocycles. The molecule has 0 aromatic heterocycles. The second-order valence-corrected chi connectivity index (χ2v) is 18.0. The van der Waals surface area contributed by atoms with Crippen molar-refractivity contribution < 1.29 is 4.79 Å². The molecule has 2 nitrogen and oxygen atoms in total. The number of carbonyl (C=O) groups is 1. The van der Waals surface area contributed by atoms with Gasteiger partial charge in [-0.05, 0) is 59.5 Å². The molecule has 0 saturated carbocycles. The van der Waals surface area contributed by atoms with Crippen LogP contribution in [0.5, 0.6) is 0 Å². The monoisotopic (exact) mass is 532 g/mol. The van der Waals surface area contributed by atoms with Crippen LogP contribution in [0.25, 0.3) is 0 Å². The minimum Gasteiger partial charge on any atom is -0.369 e. The van der Waals surface area contributed by atoms with E-state index in [0.717, 1.165) is 12.8 Å². The molecule has 3 atom stereocenters. The molecule has 3 unspecified atom stereocenters. The number of rotatable bonds is 18. The Bertz CT molecular complexity index is 754. The highest BCUT2D eigenvalue weighted by Gasteiger charge is 2.45. The van der Waals surface area contributed by atoms with Gasteiger partial charge < -0.3 is 5.73 Å². The van der Waals surface area contributed by atoms with Gasteiger partial charge in [-0.3, -0.25) is 4.79 Å². The van der Waals surface area contributed by atoms with Crippen molar-refractivity contribution in [3.8, 4) is 0 Å². The first-order valence-electron chi connectivity index (χ1n) is 15.5. The third kappa shape index (κ3) is 9.98. The van der Waals surface area contributed by atoms with Crippen molar-refractivity contribution in [3.63, 3.8) is 0 Å². The number of primary amides is 1. The Labute approximate surface area is 232 Å². The first kappa shape index (κ1) is 34.1. The van der Waals surface area contributed by atoms with Gasteiger partial charge in [0.1, 0.15) is 0 Å². The lowest BCUT2D eigenvalue weighted by Gasteiger charge is -2.46. The summed E-state index contributed by atoms with van der Waals surface area (Å²) in [5.74, 6) is 0.439. The molecule has 0 aliphatic rings. The van der Waals surface area contributed by atoms with Crippen molar-refractivity contribution in [2.75, 3.05) is 18.5 Å². The maximum Gasteiger partial charge on any atom is 0.221 e. The predicted octanol–water partition coefficient (Wildman–Crippen LogP) is 10.3. The van der Waals surface area contributed by atoms with Crippen LogP contribution >= 0.6 is 7.26 Å². The minimum absolute atomic E-state index is 0.0900. The van der Waals surface area contributed by atoms with E-state index in [1.165, 1.54) is 68.7 Å². The number of hydrogen-bond donors (Lipinski definition) is 1. The zero-order valence-corrected chi connectivity index (χ0v) is 27.4. The van der Waals surface area contributed by atoms with Crippen LogP contribution in [-0.4, -0.2) is 24.4 Å². The molecule has 3 heteroatoms. The normalized spacial score (nSPS) is 15.4. The lowest BCUT2D eigenvalue weighted by molar-refractivity contribution is -0.127. The van der Waals surface area contributed by atoms with Crippen molar-refractivity contribution >= 4 is 13.2 Å². The molecule has 0 bridgehead atoms. The predicted molar refractivity (Wildman–Crippen MR) is 169 cm³/mol. The average molecular weight is 533 g/mol. The van der Waals surface area contributed by atoms with E-state index in [0.29, 0.717) is 11.8 Å². The van der Waals surface area contributed by atoms with E-state index in [4.69, 9.17) is 5.73 Å². The highest BCUT2D eigenvalue weighted by Crippen LogP contribution is 2.63. The third-order valence-corrected chi connectivity index (χ3v) is 14.1. The van der Waals surface area contributed by atoms with Gasteiger partial charge in [0.2, 0.25) is 5.91 Å². The molecule has 214 valence electrons. The van der Waals surface area contributed by atoms with Crippen LogP contribution in [0.15, 0.2) is 24.3 Å². The summed E-state index contributed by atoms with van der Waals surface area (Å²) in [6.07, 6.45) is 15.6. The molecule has 37 heavy (non-hydrogen) atoms. The van der Waals surface area contributed by atoms with Crippen LogP contribution in [0.2, 0.25) is 0 Å². The molecule has 2 N–H and O–H groups in total. The Hall–Kier alpha value is -0.880. The molecule has 1 amide bonds. The fourth-order valence-corrected chi connectivity index (χ4v) is 11.8. The first-order valence-corrected chi connectivity index (χ1v) is 18.1. The Balaban J connectivity index is 3.35. The highest BCUT2D eigenvalue weighted by molar-refractivity contribution is 7.75. The number of unbranched alkanes of at least 4 members (excludes halogenated alkanes) is 3. The van der Waals surface area contributed by atoms with E-state index in [1.807, 2.05) is 0 Å². The van der Waals surface area contributed by atoms with Gasteiger partial charge in [-0.2, -0.15) is 0 Å². The first-order chi connectivity index (χ1) is 17.3. The van der Waals surface area contributed by atoms with Gasteiger partial charge in [-0.25, -0.2) is 0 Å². The van der Waals surface area contributed by atoms with Crippen LogP contribution < -0.4 is 5.73 Å². The lowest BCUT2D eigenvalue weighted by atomic mass is 9.57. The quantitative estimate of drug-likeness (QED) is 0.188. The second-order valence-electron chi connectivity index (χ2n) is 13.7. The van der Waals surface area contributed by atoms with E-state index < -0.39 is 7.26 Å². The minimum atomic E-state index is -0.968. The summed E-state index contributed by atoms with van der Waals surface area (Å²) in [6.45, 7) is 23.2. The van der Waals surface area contributed by atoms with Gasteiger partial charge in [-0.1, -0.05) is 119 Å². The van der Waals surface area contributed by atoms with Crippen LogP contribution in [-0.2, 0) is 11.0 Å². The molecular formula is C34H63NOP+. The number of carbonyl (C=O) groups excluding carboxylic acids is 1. The molecule has 1 rings (SSSR count). The maximum atomic E-state index is 12.5. The van der Waals surface area contributed by atoms with Gasteiger partial charge in [0, 0.05) is 13.2 Å². The molecular weight excluding hydrogens is 469 g/mol. The topological polar surface area (TPSA) is 43.1 Å². The molecule has 0 radical (unpaired) electrons. The van der Waals surface area contributed by atoms with Gasteiger partial charge in [0.25, 0.3) is 0 Å². The van der Waals surface area contributed by atoms with Crippen molar-refractivity contribution in [1.82, 2.24) is 0 Å². The van der Waals surface area contributed by atoms with Crippen molar-refractivity contribution in [2.45, 2.75) is 133 Å². The lowest BCUT2D eigenvalue weighted by Crippen LogP contribution is -2.43. The molecule has 1 aromatic carbocycles. The van der Waals surface area contributed by atoms with E-state index in [1.54, 1.807) is 5.56 Å². The zero-order chi connectivity index (χ0) is 28.3. The van der Waals surface area contributed by atoms with Crippen molar-refractivity contribution in [3.05, 3.63) is 35.4 Å². The number of nitrogens with two attached hydrogens (primary N) is 1. The van der Waals surface area contributed by atoms with E-state index in [9.17, 15) is 4.79 Å². The number of hydrogen-bond acceptors (Lipinski definition) is 1. The standard InChI is InChI=1S/C34H62NOP/c1-11-15-23-37(24-16-12-2,25-17-13-3)26-28-19-21-29(22-20-28)31(33(6,7)8)27(5)34(9,10)30(18-14-4)32(35)36/h19-22,27,30-31H,11-18,23-26H2,1-10H3,(H-,35,36)/p+1. The summed E-state index contributed by atoms with van der Waals surface area (Å²) in [7, 11) is -0.968. The van der Waals surface area contributed by atoms with E-state index in [-0.39, 0.29) is 22.7 Å². The second kappa shape index (κ2) is 15.6. The Morgan fingerprint density at radius 1 is 0.811 bits per heavy atom. The van der Waals surface area contributed by atoms with Crippen LogP contribution in [0.3, 0.4) is 0 Å². The molecule has 1 aromatic rings. The summed E-state index contributed by atoms with van der Waals surface area (Å²) >= 11 is 0. The van der Waals surface area contributed by atoms with Gasteiger partial charge in [0.05, 0.1) is 24.6 Å². The van der Waals surface area contributed by atoms with Crippen LogP contribution in [0.1, 0.15) is 138 Å². The summed E-state index contributed by atoms with van der Waals surface area (Å²) in [6, 6.07) is 9.74. The maximum absolute atomic E-state index is 12.5. The zero-order valence-electron chi connectivity index (χ0n) is 26.5. The average Bonchev–Trinajstić information content (AvgIpc) is 2.83. The molecule has 0 fully saturated rings. The summed E-state index contributed by atoms with van der Waals surface area (Å²) in [5, 5.41) is 0. The fraction of sp³-hybridized carbons (Fsp3) is 0.794. The summed E-state index contributed by atoms with van der Waals surface area (Å²) < 4.78 is 0. The van der Waals surface area contributed by atoms with Crippen LogP contribution in [0, 0.1) is 22.7 Å². The number of amides is 1. The SMILES string of the molecule is CCCC[P+](CCCC)(CCCC)Cc1ccc(C(C(C)C(C)(C)C(CCC)C(N)=O)C(C)(C)C)cc1. The van der Waals surface area contributed by atoms with Crippen LogP contribution in [0.4, 0.5) is 0 Å². The van der Waals surface area contributed by atoms with Gasteiger partial charge in [0.15, 0.2) is 0 Å². The largest absolute Gasteiger partial charge is 0.369 e. The van der Waals surface area contributed by atoms with E-state index >= 15 is 0 Å². The Morgan fingerprint density at radius 2 is 1.27 bits per heavy atom. The molecule has 0 saturated heterocycles. The highest BCUT2D eigenvalue weighted by atomic mass is 31.2.